The summed E-state index contributed by atoms with van der Waals surface area (Å²) in [5.41, 5.74) is 5.65. The van der Waals surface area contributed by atoms with E-state index < -0.39 is 0 Å². The Kier molecular flexibility index (Phi) is 5.03. The number of aryl methyl sites for hydroxylation is 1. The SMILES string of the molecule is C[n+]1ccc(-c2ccc(-c3ccccc3)cc2)cc1-c1cc(Oc2ccccn2)co1. The van der Waals surface area contributed by atoms with Crippen LogP contribution in [0.5, 0.6) is 11.6 Å². The van der Waals surface area contributed by atoms with Gasteiger partial charge in [-0.2, -0.15) is 4.57 Å². The molecule has 3 heterocycles. The summed E-state index contributed by atoms with van der Waals surface area (Å²) in [7, 11) is 2.00. The van der Waals surface area contributed by atoms with Crippen LogP contribution >= 0.6 is 0 Å². The van der Waals surface area contributed by atoms with Crippen LogP contribution in [0, 0.1) is 0 Å². The van der Waals surface area contributed by atoms with Gasteiger partial charge in [0, 0.05) is 30.5 Å². The minimum Gasteiger partial charge on any atom is -0.454 e. The highest BCUT2D eigenvalue weighted by atomic mass is 16.5. The first kappa shape index (κ1) is 18.8. The van der Waals surface area contributed by atoms with E-state index in [4.69, 9.17) is 9.15 Å². The van der Waals surface area contributed by atoms with Crippen molar-refractivity contribution < 1.29 is 13.7 Å². The summed E-state index contributed by atoms with van der Waals surface area (Å²) in [6.45, 7) is 0. The molecule has 0 N–H and O–H groups in total. The molecule has 150 valence electrons. The largest absolute Gasteiger partial charge is 0.454 e. The predicted octanol–water partition coefficient (Wildman–Crippen LogP) is 6.29. The molecule has 0 fully saturated rings. The Morgan fingerprint density at radius 2 is 1.45 bits per heavy atom. The standard InChI is InChI=1S/C27H21N2O2/c1-29-16-14-23(22-12-10-21(11-13-22)20-7-3-2-4-8-20)17-25(29)26-18-24(19-30-26)31-27-9-5-6-15-28-27/h2-19H,1H3/q+1. The zero-order valence-corrected chi connectivity index (χ0v) is 17.1. The minimum atomic E-state index is 0.534. The average molecular weight is 405 g/mol. The Labute approximate surface area is 181 Å². The first-order chi connectivity index (χ1) is 15.3. The van der Waals surface area contributed by atoms with Gasteiger partial charge in [0.25, 0.3) is 0 Å². The summed E-state index contributed by atoms with van der Waals surface area (Å²) in [4.78, 5) is 4.19. The number of hydrogen-bond acceptors (Lipinski definition) is 3. The fraction of sp³-hybridized carbons (Fsp3) is 0.0370. The van der Waals surface area contributed by atoms with Crippen LogP contribution in [0.25, 0.3) is 33.7 Å². The van der Waals surface area contributed by atoms with Crippen molar-refractivity contribution in [3.8, 4) is 45.3 Å². The molecule has 0 atom stereocenters. The normalized spacial score (nSPS) is 10.7. The number of nitrogens with zero attached hydrogens (tertiary/aromatic N) is 2. The molecule has 0 saturated carbocycles. The van der Waals surface area contributed by atoms with Gasteiger partial charge in [-0.3, -0.25) is 0 Å². The minimum absolute atomic E-state index is 0.534. The average Bonchev–Trinajstić information content (AvgIpc) is 3.29. The van der Waals surface area contributed by atoms with E-state index in [1.165, 1.54) is 11.1 Å². The second-order valence-electron chi connectivity index (χ2n) is 7.27. The monoisotopic (exact) mass is 405 g/mol. The van der Waals surface area contributed by atoms with Crippen LogP contribution < -0.4 is 9.30 Å². The molecular formula is C27H21N2O2+. The number of benzene rings is 2. The Morgan fingerprint density at radius 3 is 2.19 bits per heavy atom. The van der Waals surface area contributed by atoms with E-state index >= 15 is 0 Å². The summed E-state index contributed by atoms with van der Waals surface area (Å²) >= 11 is 0. The first-order valence-electron chi connectivity index (χ1n) is 10.1. The number of pyridine rings is 2. The zero-order valence-electron chi connectivity index (χ0n) is 17.1. The molecule has 2 aromatic carbocycles. The molecule has 0 radical (unpaired) electrons. The molecule has 0 bridgehead atoms. The van der Waals surface area contributed by atoms with Crippen molar-refractivity contribution in [3.05, 3.63) is 110 Å². The lowest BCUT2D eigenvalue weighted by Gasteiger charge is -2.06. The van der Waals surface area contributed by atoms with Gasteiger partial charge in [0.1, 0.15) is 13.3 Å². The van der Waals surface area contributed by atoms with E-state index in [9.17, 15) is 0 Å². The van der Waals surface area contributed by atoms with Crippen LogP contribution in [0.4, 0.5) is 0 Å². The summed E-state index contributed by atoms with van der Waals surface area (Å²) < 4.78 is 13.6. The summed E-state index contributed by atoms with van der Waals surface area (Å²) in [6.07, 6.45) is 5.34. The highest BCUT2D eigenvalue weighted by Crippen LogP contribution is 2.30. The maximum absolute atomic E-state index is 5.80. The lowest BCUT2D eigenvalue weighted by atomic mass is 10.0. The molecule has 0 aliphatic rings. The number of hydrogen-bond donors (Lipinski definition) is 0. The third-order valence-corrected chi connectivity index (χ3v) is 5.16. The third kappa shape index (κ3) is 4.09. The van der Waals surface area contributed by atoms with Crippen molar-refractivity contribution in [2.45, 2.75) is 0 Å². The van der Waals surface area contributed by atoms with Gasteiger partial charge < -0.3 is 9.15 Å². The molecular weight excluding hydrogens is 384 g/mol. The van der Waals surface area contributed by atoms with Crippen LogP contribution in [0.15, 0.2) is 114 Å². The Balaban J connectivity index is 1.42. The molecule has 31 heavy (non-hydrogen) atoms. The van der Waals surface area contributed by atoms with E-state index in [1.807, 2.05) is 48.1 Å². The maximum atomic E-state index is 5.80. The van der Waals surface area contributed by atoms with Crippen molar-refractivity contribution in [2.75, 3.05) is 0 Å². The van der Waals surface area contributed by atoms with Crippen LogP contribution in [-0.4, -0.2) is 4.98 Å². The van der Waals surface area contributed by atoms with Gasteiger partial charge in [0.15, 0.2) is 11.9 Å². The van der Waals surface area contributed by atoms with Gasteiger partial charge in [-0.05, 0) is 28.3 Å². The van der Waals surface area contributed by atoms with Gasteiger partial charge in [0.05, 0.1) is 0 Å². The maximum Gasteiger partial charge on any atom is 0.248 e. The molecule has 4 heteroatoms. The van der Waals surface area contributed by atoms with E-state index in [1.54, 1.807) is 12.5 Å². The summed E-state index contributed by atoms with van der Waals surface area (Å²) in [5.74, 6) is 1.88. The molecule has 0 aliphatic carbocycles. The number of furan rings is 1. The number of aromatic nitrogens is 2. The van der Waals surface area contributed by atoms with Gasteiger partial charge in [-0.25, -0.2) is 4.98 Å². The number of ether oxygens (including phenoxy) is 1. The molecule has 5 rings (SSSR count). The molecule has 0 amide bonds. The molecule has 3 aromatic heterocycles. The van der Waals surface area contributed by atoms with E-state index in [2.05, 4.69) is 65.6 Å². The lowest BCUT2D eigenvalue weighted by molar-refractivity contribution is -0.660. The molecule has 0 aliphatic heterocycles. The molecule has 0 unspecified atom stereocenters. The molecule has 5 aromatic rings. The Morgan fingerprint density at radius 1 is 0.742 bits per heavy atom. The smallest absolute Gasteiger partial charge is 0.248 e. The van der Waals surface area contributed by atoms with E-state index in [-0.39, 0.29) is 0 Å². The second-order valence-corrected chi connectivity index (χ2v) is 7.27. The number of rotatable bonds is 5. The molecule has 0 saturated heterocycles. The quantitative estimate of drug-likeness (QED) is 0.323. The fourth-order valence-corrected chi connectivity index (χ4v) is 3.51. The van der Waals surface area contributed by atoms with Crippen molar-refractivity contribution in [3.63, 3.8) is 0 Å². The van der Waals surface area contributed by atoms with E-state index in [0.29, 0.717) is 11.6 Å². The van der Waals surface area contributed by atoms with Crippen molar-refractivity contribution in [2.24, 2.45) is 7.05 Å². The zero-order chi connectivity index (χ0) is 21.0. The third-order valence-electron chi connectivity index (χ3n) is 5.16. The summed E-state index contributed by atoms with van der Waals surface area (Å²) in [6, 6.07) is 30.7. The van der Waals surface area contributed by atoms with Gasteiger partial charge in [-0.15, -0.1) is 0 Å². The highest BCUT2D eigenvalue weighted by Gasteiger charge is 2.17. The van der Waals surface area contributed by atoms with Gasteiger partial charge in [0.2, 0.25) is 17.3 Å². The van der Waals surface area contributed by atoms with Crippen LogP contribution in [0.1, 0.15) is 0 Å². The van der Waals surface area contributed by atoms with Crippen molar-refractivity contribution in [1.82, 2.24) is 4.98 Å². The molecule has 4 nitrogen and oxygen atoms in total. The predicted molar refractivity (Wildman–Crippen MR) is 121 cm³/mol. The lowest BCUT2D eigenvalue weighted by Crippen LogP contribution is -2.30. The van der Waals surface area contributed by atoms with Crippen molar-refractivity contribution in [1.29, 1.82) is 0 Å². The van der Waals surface area contributed by atoms with Crippen LogP contribution in [0.3, 0.4) is 0 Å². The Hall–Kier alpha value is -4.18. The van der Waals surface area contributed by atoms with Crippen LogP contribution in [0.2, 0.25) is 0 Å². The fourth-order valence-electron chi connectivity index (χ4n) is 3.51. The Bertz CT molecular complexity index is 1290. The first-order valence-corrected chi connectivity index (χ1v) is 10.1. The summed E-state index contributed by atoms with van der Waals surface area (Å²) in [5, 5.41) is 0. The van der Waals surface area contributed by atoms with Gasteiger partial charge >= 0.3 is 0 Å². The highest BCUT2D eigenvalue weighted by molar-refractivity contribution is 5.72. The molecule has 0 spiro atoms. The topological polar surface area (TPSA) is 39.1 Å². The van der Waals surface area contributed by atoms with Crippen LogP contribution in [-0.2, 0) is 7.05 Å². The second kappa shape index (κ2) is 8.28. The van der Waals surface area contributed by atoms with Crippen molar-refractivity contribution >= 4 is 0 Å². The van der Waals surface area contributed by atoms with E-state index in [0.717, 1.165) is 22.6 Å². The van der Waals surface area contributed by atoms with Gasteiger partial charge in [-0.1, -0.05) is 60.7 Å².